The Morgan fingerprint density at radius 3 is 2.46 bits per heavy atom. The van der Waals surface area contributed by atoms with Gasteiger partial charge in [-0.3, -0.25) is 24.0 Å². The van der Waals surface area contributed by atoms with Crippen LogP contribution in [-0.4, -0.2) is 102 Å². The van der Waals surface area contributed by atoms with Gasteiger partial charge in [-0.05, 0) is 64.5 Å². The normalized spacial score (nSPS) is 23.9. The lowest BCUT2D eigenvalue weighted by Crippen LogP contribution is -2.58. The van der Waals surface area contributed by atoms with Crippen LogP contribution in [-0.2, 0) is 56.5 Å². The van der Waals surface area contributed by atoms with Crippen molar-refractivity contribution in [1.29, 1.82) is 0 Å². The molecule has 0 unspecified atom stereocenters. The van der Waals surface area contributed by atoms with Crippen molar-refractivity contribution in [2.75, 3.05) is 13.7 Å². The lowest BCUT2D eigenvalue weighted by Gasteiger charge is -2.30. The standard InChI is InChI=1S/C36H46FN5O11S/c1-6-22-17-36(22,32(46)40-54(49,50)24-14-15-24)39-30(44)28-16-23(52-34(48)41-18-21-10-9-11-26(37)25(21)20-41)19-42(28)31(45)27(12-7-8-13-29(43)51-5)38-33(47)53-35(2,3)4/h6,8-11,13,22-24,27-28H,1,7,12,14-20H2,2-5H3,(H,38,47)(H,39,44)(H,40,46)/b13-8+/t22-,23-,27+,28+,36-/m1/s1. The number of carbonyl (C=O) groups is 6. The summed E-state index contributed by atoms with van der Waals surface area (Å²) in [6.45, 7) is 8.32. The van der Waals surface area contributed by atoms with Gasteiger partial charge in [0, 0.05) is 30.5 Å². The first-order chi connectivity index (χ1) is 25.4. The van der Waals surface area contributed by atoms with Crippen LogP contribution >= 0.6 is 0 Å². The molecule has 294 valence electrons. The Labute approximate surface area is 312 Å². The molecule has 0 bridgehead atoms. The van der Waals surface area contributed by atoms with E-state index in [-0.39, 0.29) is 45.3 Å². The van der Waals surface area contributed by atoms with Crippen LogP contribution in [0.25, 0.3) is 0 Å². The van der Waals surface area contributed by atoms with Crippen LogP contribution in [0.3, 0.4) is 0 Å². The molecule has 5 amide bonds. The molecule has 4 aliphatic rings. The highest BCUT2D eigenvalue weighted by Crippen LogP contribution is 2.45. The summed E-state index contributed by atoms with van der Waals surface area (Å²) in [4.78, 5) is 82.1. The Hall–Kier alpha value is -5.00. The highest BCUT2D eigenvalue weighted by atomic mass is 32.2. The Morgan fingerprint density at radius 2 is 1.85 bits per heavy atom. The van der Waals surface area contributed by atoms with Crippen molar-refractivity contribution in [3.05, 3.63) is 60.0 Å². The van der Waals surface area contributed by atoms with Crippen LogP contribution in [0.4, 0.5) is 14.0 Å². The number of ether oxygens (including phenoxy) is 3. The van der Waals surface area contributed by atoms with Gasteiger partial charge >= 0.3 is 18.2 Å². The Balaban J connectivity index is 1.38. The van der Waals surface area contributed by atoms with Gasteiger partial charge < -0.3 is 29.7 Å². The minimum absolute atomic E-state index is 0.0502. The van der Waals surface area contributed by atoms with Gasteiger partial charge in [0.2, 0.25) is 21.8 Å². The van der Waals surface area contributed by atoms with Gasteiger partial charge in [0.15, 0.2) is 0 Å². The van der Waals surface area contributed by atoms with Gasteiger partial charge in [0.25, 0.3) is 5.91 Å². The van der Waals surface area contributed by atoms with Crippen LogP contribution in [0.1, 0.15) is 70.4 Å². The molecule has 0 aromatic heterocycles. The molecule has 2 saturated carbocycles. The fourth-order valence-electron chi connectivity index (χ4n) is 6.54. The van der Waals surface area contributed by atoms with E-state index in [0.29, 0.717) is 24.0 Å². The van der Waals surface area contributed by atoms with E-state index in [4.69, 9.17) is 9.47 Å². The molecule has 54 heavy (non-hydrogen) atoms. The summed E-state index contributed by atoms with van der Waals surface area (Å²) in [5.41, 5.74) is -1.63. The fourth-order valence-corrected chi connectivity index (χ4v) is 7.90. The Morgan fingerprint density at radius 1 is 1.13 bits per heavy atom. The summed E-state index contributed by atoms with van der Waals surface area (Å²) >= 11 is 0. The largest absolute Gasteiger partial charge is 0.466 e. The SMILES string of the molecule is C=C[C@@H]1C[C@]1(NC(=O)[C@@H]1C[C@@H](OC(=O)N2Cc3cccc(F)c3C2)CN1C(=O)[C@H](CC/C=C/C(=O)OC)NC(=O)OC(C)(C)C)C(=O)NS(=O)(=O)C1CC1. The van der Waals surface area contributed by atoms with E-state index in [1.165, 1.54) is 36.3 Å². The molecule has 1 saturated heterocycles. The lowest BCUT2D eigenvalue weighted by molar-refractivity contribution is -0.141. The third-order valence-corrected chi connectivity index (χ3v) is 11.4. The number of carbonyl (C=O) groups excluding carboxylic acids is 6. The molecule has 3 N–H and O–H groups in total. The third-order valence-electron chi connectivity index (χ3n) is 9.62. The number of hydrogen-bond donors (Lipinski definition) is 3. The molecule has 2 aliphatic carbocycles. The number of methoxy groups -OCH3 is 1. The van der Waals surface area contributed by atoms with Crippen LogP contribution in [0.2, 0.25) is 0 Å². The molecule has 16 nitrogen and oxygen atoms in total. The highest BCUT2D eigenvalue weighted by Gasteiger charge is 2.62. The molecular weight excluding hydrogens is 729 g/mol. The molecule has 5 rings (SSSR count). The van der Waals surface area contributed by atoms with Crippen LogP contribution in [0.15, 0.2) is 43.0 Å². The van der Waals surface area contributed by atoms with E-state index in [9.17, 15) is 41.6 Å². The zero-order valence-electron chi connectivity index (χ0n) is 30.6. The number of allylic oxidation sites excluding steroid dienone is 1. The third kappa shape index (κ3) is 9.37. The van der Waals surface area contributed by atoms with Crippen molar-refractivity contribution >= 4 is 45.9 Å². The van der Waals surface area contributed by atoms with Crippen molar-refractivity contribution < 1.29 is 55.8 Å². The van der Waals surface area contributed by atoms with Crippen molar-refractivity contribution in [3.63, 3.8) is 0 Å². The number of rotatable bonds is 13. The maximum atomic E-state index is 14.4. The minimum Gasteiger partial charge on any atom is -0.466 e. The van der Waals surface area contributed by atoms with Crippen molar-refractivity contribution in [1.82, 2.24) is 25.2 Å². The van der Waals surface area contributed by atoms with E-state index in [1.54, 1.807) is 26.8 Å². The maximum Gasteiger partial charge on any atom is 0.410 e. The first kappa shape index (κ1) is 40.2. The van der Waals surface area contributed by atoms with Crippen LogP contribution in [0, 0.1) is 11.7 Å². The second-order valence-corrected chi connectivity index (χ2v) is 16.8. The molecule has 1 aromatic rings. The predicted octanol–water partition coefficient (Wildman–Crippen LogP) is 2.32. The first-order valence-corrected chi connectivity index (χ1v) is 19.2. The monoisotopic (exact) mass is 775 g/mol. The molecule has 3 fully saturated rings. The first-order valence-electron chi connectivity index (χ1n) is 17.6. The zero-order valence-corrected chi connectivity index (χ0v) is 31.4. The maximum absolute atomic E-state index is 14.4. The molecule has 2 heterocycles. The molecule has 1 aromatic carbocycles. The van der Waals surface area contributed by atoms with Gasteiger partial charge in [0.05, 0.1) is 25.4 Å². The average molecular weight is 776 g/mol. The summed E-state index contributed by atoms with van der Waals surface area (Å²) in [6, 6.07) is 1.86. The van der Waals surface area contributed by atoms with Gasteiger partial charge in [-0.25, -0.2) is 27.2 Å². The number of hydrogen-bond acceptors (Lipinski definition) is 11. The quantitative estimate of drug-likeness (QED) is 0.115. The van der Waals surface area contributed by atoms with Crippen molar-refractivity contribution in [3.8, 4) is 0 Å². The Bertz CT molecular complexity index is 1840. The number of halogens is 1. The molecule has 0 spiro atoms. The number of benzene rings is 1. The molecule has 18 heteroatoms. The van der Waals surface area contributed by atoms with E-state index in [1.807, 2.05) is 0 Å². The number of nitrogens with zero attached hydrogens (tertiary/aromatic N) is 2. The van der Waals surface area contributed by atoms with Gasteiger partial charge in [-0.2, -0.15) is 0 Å². The second kappa shape index (κ2) is 15.8. The summed E-state index contributed by atoms with van der Waals surface area (Å²) in [5, 5.41) is 4.49. The number of amides is 5. The number of alkyl carbamates (subject to hydrolysis) is 1. The second-order valence-electron chi connectivity index (χ2n) is 14.9. The summed E-state index contributed by atoms with van der Waals surface area (Å²) in [7, 11) is -2.77. The van der Waals surface area contributed by atoms with Crippen molar-refractivity contribution in [2.45, 2.75) is 107 Å². The highest BCUT2D eigenvalue weighted by molar-refractivity contribution is 7.91. The van der Waals surface area contributed by atoms with Gasteiger partial charge in [-0.15, -0.1) is 6.58 Å². The number of esters is 1. The van der Waals surface area contributed by atoms with E-state index in [2.05, 4.69) is 26.7 Å². The minimum atomic E-state index is -3.97. The van der Waals surface area contributed by atoms with Gasteiger partial charge in [-0.1, -0.05) is 24.3 Å². The molecule has 0 radical (unpaired) electrons. The van der Waals surface area contributed by atoms with Crippen molar-refractivity contribution in [2.24, 2.45) is 5.92 Å². The van der Waals surface area contributed by atoms with Crippen LogP contribution < -0.4 is 15.4 Å². The molecule has 2 aliphatic heterocycles. The Kier molecular flexibility index (Phi) is 11.7. The van der Waals surface area contributed by atoms with E-state index < -0.39 is 92.2 Å². The zero-order chi connectivity index (χ0) is 39.6. The van der Waals surface area contributed by atoms with Crippen LogP contribution in [0.5, 0.6) is 0 Å². The molecular formula is C36H46FN5O11S. The number of nitrogens with one attached hydrogen (secondary N) is 3. The average Bonchev–Trinajstić information content (AvgIpc) is 3.99. The number of fused-ring (bicyclic) bond motifs is 1. The van der Waals surface area contributed by atoms with E-state index in [0.717, 1.165) is 11.0 Å². The summed E-state index contributed by atoms with van der Waals surface area (Å²) in [6.07, 6.45) is 1.91. The molecule has 5 atom stereocenters. The smallest absolute Gasteiger partial charge is 0.410 e. The topological polar surface area (TPSA) is 207 Å². The van der Waals surface area contributed by atoms with Gasteiger partial charge in [0.1, 0.15) is 35.1 Å². The lowest BCUT2D eigenvalue weighted by atomic mass is 10.1. The summed E-state index contributed by atoms with van der Waals surface area (Å²) < 4.78 is 57.5. The summed E-state index contributed by atoms with van der Waals surface area (Å²) in [5.74, 6) is -4.24. The number of likely N-dealkylation sites (tertiary alicyclic amines) is 1. The number of sulfonamides is 1. The fraction of sp³-hybridized carbons (Fsp3) is 0.556. The van der Waals surface area contributed by atoms with E-state index >= 15 is 0 Å². The predicted molar refractivity (Wildman–Crippen MR) is 189 cm³/mol.